The van der Waals surface area contributed by atoms with Gasteiger partial charge in [0.15, 0.2) is 0 Å². The van der Waals surface area contributed by atoms with E-state index in [1.165, 1.54) is 0 Å². The Morgan fingerprint density at radius 3 is 2.35 bits per heavy atom. The Balaban J connectivity index is 1.72. The van der Waals surface area contributed by atoms with E-state index in [0.29, 0.717) is 31.7 Å². The Labute approximate surface area is 135 Å². The van der Waals surface area contributed by atoms with Crippen LogP contribution in [0.25, 0.3) is 0 Å². The molecule has 6 nitrogen and oxygen atoms in total. The lowest BCUT2D eigenvalue weighted by Crippen LogP contribution is -2.44. The van der Waals surface area contributed by atoms with Crippen LogP contribution in [-0.4, -0.2) is 34.7 Å². The van der Waals surface area contributed by atoms with Crippen LogP contribution in [0.3, 0.4) is 0 Å². The monoisotopic (exact) mass is 320 g/mol. The van der Waals surface area contributed by atoms with Crippen LogP contribution >= 0.6 is 0 Å². The predicted octanol–water partition coefficient (Wildman–Crippen LogP) is 1.27. The molecular weight excluding hydrogens is 296 g/mol. The van der Waals surface area contributed by atoms with Crippen LogP contribution in [-0.2, 0) is 16.0 Å². The summed E-state index contributed by atoms with van der Waals surface area (Å²) >= 11 is 0. The molecule has 1 aliphatic carbocycles. The first-order chi connectivity index (χ1) is 11.0. The highest BCUT2D eigenvalue weighted by molar-refractivity contribution is 5.81. The van der Waals surface area contributed by atoms with Crippen molar-refractivity contribution in [3.05, 3.63) is 29.8 Å². The van der Waals surface area contributed by atoms with Gasteiger partial charge in [-0.2, -0.15) is 0 Å². The number of nitrogens with two attached hydrogens (primary N) is 1. The molecular formula is C17H24N2O4. The minimum atomic E-state index is -0.719. The number of rotatable bonds is 6. The maximum absolute atomic E-state index is 12.0. The van der Waals surface area contributed by atoms with E-state index in [-0.39, 0.29) is 17.6 Å². The SMILES string of the molecule is N[C@@H](Cc1ccc(O)cc1)C(=O)NCC1CCC(C(=O)O)CC1. The molecule has 0 aromatic heterocycles. The standard InChI is InChI=1S/C17H24N2O4/c18-15(9-11-3-7-14(20)8-4-11)16(21)19-10-12-1-5-13(6-2-12)17(22)23/h3-4,7-8,12-13,15,20H,1-2,5-6,9-10,18H2,(H,19,21)(H,22,23)/t12?,13?,15-/m0/s1. The van der Waals surface area contributed by atoms with Gasteiger partial charge in [-0.15, -0.1) is 0 Å². The number of nitrogens with one attached hydrogen (secondary N) is 1. The Bertz CT molecular complexity index is 536. The number of carbonyl (C=O) groups is 2. The number of phenols is 1. The molecule has 0 bridgehead atoms. The van der Waals surface area contributed by atoms with Gasteiger partial charge in [-0.3, -0.25) is 9.59 Å². The van der Waals surface area contributed by atoms with Crippen molar-refractivity contribution in [1.82, 2.24) is 5.32 Å². The molecule has 2 rings (SSSR count). The second-order valence-electron chi connectivity index (χ2n) is 6.28. The van der Waals surface area contributed by atoms with Crippen LogP contribution in [0.4, 0.5) is 0 Å². The van der Waals surface area contributed by atoms with Crippen molar-refractivity contribution < 1.29 is 19.8 Å². The molecule has 126 valence electrons. The van der Waals surface area contributed by atoms with Gasteiger partial charge in [0.25, 0.3) is 0 Å². The lowest BCUT2D eigenvalue weighted by atomic mass is 9.82. The van der Waals surface area contributed by atoms with E-state index in [2.05, 4.69) is 5.32 Å². The minimum Gasteiger partial charge on any atom is -0.508 e. The summed E-state index contributed by atoms with van der Waals surface area (Å²) < 4.78 is 0. The number of aliphatic carboxylic acids is 1. The van der Waals surface area contributed by atoms with Gasteiger partial charge in [0.1, 0.15) is 5.75 Å². The first-order valence-corrected chi connectivity index (χ1v) is 7.99. The third-order valence-electron chi connectivity index (χ3n) is 4.49. The number of benzene rings is 1. The highest BCUT2D eigenvalue weighted by Crippen LogP contribution is 2.28. The number of carboxylic acid groups (broad SMARTS) is 1. The van der Waals surface area contributed by atoms with Crippen molar-refractivity contribution in [3.8, 4) is 5.75 Å². The molecule has 1 aromatic carbocycles. The molecule has 0 radical (unpaired) electrons. The van der Waals surface area contributed by atoms with Gasteiger partial charge >= 0.3 is 5.97 Å². The first kappa shape index (κ1) is 17.3. The second-order valence-corrected chi connectivity index (χ2v) is 6.28. The zero-order valence-electron chi connectivity index (χ0n) is 13.1. The number of phenolic OH excluding ortho intramolecular Hbond substituents is 1. The molecule has 0 heterocycles. The summed E-state index contributed by atoms with van der Waals surface area (Å²) in [5, 5.41) is 21.1. The molecule has 1 saturated carbocycles. The zero-order valence-corrected chi connectivity index (χ0v) is 13.1. The first-order valence-electron chi connectivity index (χ1n) is 7.99. The maximum Gasteiger partial charge on any atom is 0.306 e. The van der Waals surface area contributed by atoms with E-state index in [0.717, 1.165) is 18.4 Å². The molecule has 1 amide bonds. The van der Waals surface area contributed by atoms with Crippen LogP contribution in [0.5, 0.6) is 5.75 Å². The molecule has 1 fully saturated rings. The fourth-order valence-corrected chi connectivity index (χ4v) is 2.97. The summed E-state index contributed by atoms with van der Waals surface area (Å²) in [5.74, 6) is -0.639. The molecule has 0 aliphatic heterocycles. The number of hydrogen-bond acceptors (Lipinski definition) is 4. The summed E-state index contributed by atoms with van der Waals surface area (Å²) in [6, 6.07) is 6.00. The number of hydrogen-bond donors (Lipinski definition) is 4. The van der Waals surface area contributed by atoms with Crippen LogP contribution < -0.4 is 11.1 Å². The summed E-state index contributed by atoms with van der Waals surface area (Å²) in [6.45, 7) is 0.550. The van der Waals surface area contributed by atoms with Gasteiger partial charge < -0.3 is 21.3 Å². The Morgan fingerprint density at radius 1 is 1.17 bits per heavy atom. The van der Waals surface area contributed by atoms with Crippen LogP contribution in [0.15, 0.2) is 24.3 Å². The maximum atomic E-state index is 12.0. The van der Waals surface area contributed by atoms with Crippen molar-refractivity contribution in [1.29, 1.82) is 0 Å². The van der Waals surface area contributed by atoms with E-state index in [1.54, 1.807) is 24.3 Å². The lowest BCUT2D eigenvalue weighted by molar-refractivity contribution is -0.143. The van der Waals surface area contributed by atoms with E-state index < -0.39 is 12.0 Å². The van der Waals surface area contributed by atoms with Crippen molar-refractivity contribution in [2.24, 2.45) is 17.6 Å². The normalized spacial score (nSPS) is 22.3. The summed E-state index contributed by atoms with van der Waals surface area (Å²) in [4.78, 5) is 23.0. The van der Waals surface area contributed by atoms with E-state index in [4.69, 9.17) is 10.8 Å². The van der Waals surface area contributed by atoms with E-state index >= 15 is 0 Å². The van der Waals surface area contributed by atoms with Gasteiger partial charge in [-0.1, -0.05) is 12.1 Å². The number of carbonyl (C=O) groups excluding carboxylic acids is 1. The molecule has 0 saturated heterocycles. The van der Waals surface area contributed by atoms with Gasteiger partial charge in [0, 0.05) is 6.54 Å². The molecule has 1 atom stereocenters. The number of carboxylic acids is 1. The lowest BCUT2D eigenvalue weighted by Gasteiger charge is -2.26. The highest BCUT2D eigenvalue weighted by Gasteiger charge is 2.26. The van der Waals surface area contributed by atoms with Gasteiger partial charge in [-0.25, -0.2) is 0 Å². The fourth-order valence-electron chi connectivity index (χ4n) is 2.97. The minimum absolute atomic E-state index is 0.184. The fraction of sp³-hybridized carbons (Fsp3) is 0.529. The number of aromatic hydroxyl groups is 1. The van der Waals surface area contributed by atoms with Gasteiger partial charge in [0.2, 0.25) is 5.91 Å². The van der Waals surface area contributed by atoms with Crippen molar-refractivity contribution in [3.63, 3.8) is 0 Å². The van der Waals surface area contributed by atoms with Gasteiger partial charge in [-0.05, 0) is 55.7 Å². The topological polar surface area (TPSA) is 113 Å². The molecule has 1 aromatic rings. The van der Waals surface area contributed by atoms with Crippen LogP contribution in [0.2, 0.25) is 0 Å². The molecule has 6 heteroatoms. The predicted molar refractivity (Wildman–Crippen MR) is 85.9 cm³/mol. The van der Waals surface area contributed by atoms with Gasteiger partial charge in [0.05, 0.1) is 12.0 Å². The highest BCUT2D eigenvalue weighted by atomic mass is 16.4. The second kappa shape index (κ2) is 7.97. The van der Waals surface area contributed by atoms with Crippen molar-refractivity contribution in [2.45, 2.75) is 38.1 Å². The Kier molecular flexibility index (Phi) is 5.98. The number of amides is 1. The molecule has 23 heavy (non-hydrogen) atoms. The largest absolute Gasteiger partial charge is 0.508 e. The van der Waals surface area contributed by atoms with Crippen LogP contribution in [0, 0.1) is 11.8 Å². The van der Waals surface area contributed by atoms with Crippen molar-refractivity contribution in [2.75, 3.05) is 6.54 Å². The zero-order chi connectivity index (χ0) is 16.8. The third kappa shape index (κ3) is 5.25. The Hall–Kier alpha value is -2.08. The Morgan fingerprint density at radius 2 is 1.78 bits per heavy atom. The molecule has 0 unspecified atom stereocenters. The van der Waals surface area contributed by atoms with E-state index in [1.807, 2.05) is 0 Å². The summed E-state index contributed by atoms with van der Waals surface area (Å²) in [5.41, 5.74) is 6.81. The average molecular weight is 320 g/mol. The summed E-state index contributed by atoms with van der Waals surface area (Å²) in [6.07, 6.45) is 3.41. The molecule has 1 aliphatic rings. The van der Waals surface area contributed by atoms with Crippen LogP contribution in [0.1, 0.15) is 31.2 Å². The van der Waals surface area contributed by atoms with Crippen molar-refractivity contribution >= 4 is 11.9 Å². The molecule has 5 N–H and O–H groups in total. The smallest absolute Gasteiger partial charge is 0.306 e. The summed E-state index contributed by atoms with van der Waals surface area (Å²) in [7, 11) is 0. The quantitative estimate of drug-likeness (QED) is 0.630. The third-order valence-corrected chi connectivity index (χ3v) is 4.49. The van der Waals surface area contributed by atoms with E-state index in [9.17, 15) is 14.7 Å². The average Bonchev–Trinajstić information content (AvgIpc) is 2.55. The molecule has 0 spiro atoms.